The summed E-state index contributed by atoms with van der Waals surface area (Å²) in [6.07, 6.45) is 0.979. The molecule has 2 rings (SSSR count). The molecular weight excluding hydrogens is 233 g/mol. The van der Waals surface area contributed by atoms with Crippen molar-refractivity contribution >= 4 is 34.8 Å². The van der Waals surface area contributed by atoms with E-state index in [0.29, 0.717) is 21.7 Å². The third kappa shape index (κ3) is 2.44. The lowest BCUT2D eigenvalue weighted by atomic mass is 10.3. The molecule has 4 heteroatoms. The number of halogens is 2. The van der Waals surface area contributed by atoms with Crippen LogP contribution in [-0.4, -0.2) is 5.91 Å². The Hall–Kier alpha value is -0.730. The summed E-state index contributed by atoms with van der Waals surface area (Å²) in [5.74, 6) is 0.744. The predicted molar refractivity (Wildman–Crippen MR) is 62.4 cm³/mol. The van der Waals surface area contributed by atoms with E-state index in [2.05, 4.69) is 12.2 Å². The van der Waals surface area contributed by atoms with Gasteiger partial charge in [0.25, 0.3) is 0 Å². The highest BCUT2D eigenvalue weighted by molar-refractivity contribution is 6.42. The average Bonchev–Trinajstić information content (AvgIpc) is 2.89. The van der Waals surface area contributed by atoms with Crippen molar-refractivity contribution in [3.05, 3.63) is 28.2 Å². The summed E-state index contributed by atoms with van der Waals surface area (Å²) in [5.41, 5.74) is 0.702. The number of amides is 1. The van der Waals surface area contributed by atoms with Crippen LogP contribution in [0, 0.1) is 11.8 Å². The highest BCUT2D eigenvalue weighted by atomic mass is 35.5. The fourth-order valence-corrected chi connectivity index (χ4v) is 1.79. The molecule has 0 spiro atoms. The van der Waals surface area contributed by atoms with Gasteiger partial charge in [0.1, 0.15) is 0 Å². The Morgan fingerprint density at radius 3 is 2.60 bits per heavy atom. The van der Waals surface area contributed by atoms with E-state index in [0.717, 1.165) is 6.42 Å². The van der Waals surface area contributed by atoms with Gasteiger partial charge in [-0.25, -0.2) is 0 Å². The van der Waals surface area contributed by atoms with Gasteiger partial charge in [-0.05, 0) is 30.5 Å². The van der Waals surface area contributed by atoms with Gasteiger partial charge in [0.05, 0.1) is 10.0 Å². The van der Waals surface area contributed by atoms with E-state index < -0.39 is 0 Å². The summed E-state index contributed by atoms with van der Waals surface area (Å²) < 4.78 is 0. The molecule has 0 unspecified atom stereocenters. The van der Waals surface area contributed by atoms with Gasteiger partial charge in [0, 0.05) is 11.6 Å². The minimum Gasteiger partial charge on any atom is -0.326 e. The number of hydrogen-bond acceptors (Lipinski definition) is 1. The number of rotatable bonds is 2. The molecule has 0 bridgehead atoms. The third-order valence-electron chi connectivity index (χ3n) is 2.63. The highest BCUT2D eigenvalue weighted by Crippen LogP contribution is 2.38. The zero-order chi connectivity index (χ0) is 11.0. The smallest absolute Gasteiger partial charge is 0.227 e. The van der Waals surface area contributed by atoms with Crippen LogP contribution in [0.25, 0.3) is 0 Å². The number of hydrogen-bond donors (Lipinski definition) is 1. The molecule has 0 aromatic heterocycles. The van der Waals surface area contributed by atoms with Crippen molar-refractivity contribution in [3.8, 4) is 0 Å². The molecule has 1 aromatic rings. The van der Waals surface area contributed by atoms with Crippen LogP contribution in [0.15, 0.2) is 18.2 Å². The molecule has 2 atom stereocenters. The maximum atomic E-state index is 11.6. The van der Waals surface area contributed by atoms with Crippen LogP contribution in [0.1, 0.15) is 13.3 Å². The normalized spacial score (nSPS) is 23.7. The van der Waals surface area contributed by atoms with E-state index in [4.69, 9.17) is 23.2 Å². The number of carbonyl (C=O) groups is 1. The Morgan fingerprint density at radius 1 is 1.40 bits per heavy atom. The highest BCUT2D eigenvalue weighted by Gasteiger charge is 2.39. The number of nitrogens with one attached hydrogen (secondary N) is 1. The van der Waals surface area contributed by atoms with Crippen molar-refractivity contribution < 1.29 is 4.79 Å². The van der Waals surface area contributed by atoms with Crippen molar-refractivity contribution in [1.29, 1.82) is 0 Å². The van der Waals surface area contributed by atoms with Crippen molar-refractivity contribution in [1.82, 2.24) is 0 Å². The second-order valence-electron chi connectivity index (χ2n) is 3.94. The molecule has 80 valence electrons. The van der Waals surface area contributed by atoms with E-state index in [-0.39, 0.29) is 11.8 Å². The second-order valence-corrected chi connectivity index (χ2v) is 4.75. The lowest BCUT2D eigenvalue weighted by Gasteiger charge is -2.05. The van der Waals surface area contributed by atoms with Gasteiger partial charge in [-0.3, -0.25) is 4.79 Å². The van der Waals surface area contributed by atoms with Crippen molar-refractivity contribution in [3.63, 3.8) is 0 Å². The molecule has 15 heavy (non-hydrogen) atoms. The van der Waals surface area contributed by atoms with Crippen LogP contribution in [-0.2, 0) is 4.79 Å². The SMILES string of the molecule is C[C@@H]1C[C@H]1C(=O)Nc1ccc(Cl)c(Cl)c1. The molecular formula is C11H11Cl2NO. The van der Waals surface area contributed by atoms with Crippen LogP contribution in [0.5, 0.6) is 0 Å². The van der Waals surface area contributed by atoms with E-state index >= 15 is 0 Å². The summed E-state index contributed by atoms with van der Waals surface area (Å²) in [7, 11) is 0. The van der Waals surface area contributed by atoms with Gasteiger partial charge in [0.2, 0.25) is 5.91 Å². The van der Waals surface area contributed by atoms with Gasteiger partial charge in [-0.15, -0.1) is 0 Å². The van der Waals surface area contributed by atoms with Crippen LogP contribution < -0.4 is 5.32 Å². The number of benzene rings is 1. The molecule has 1 fully saturated rings. The predicted octanol–water partition coefficient (Wildman–Crippen LogP) is 3.59. The largest absolute Gasteiger partial charge is 0.326 e. The third-order valence-corrected chi connectivity index (χ3v) is 3.37. The van der Waals surface area contributed by atoms with Gasteiger partial charge < -0.3 is 5.32 Å². The van der Waals surface area contributed by atoms with Gasteiger partial charge >= 0.3 is 0 Å². The fraction of sp³-hybridized carbons (Fsp3) is 0.364. The average molecular weight is 244 g/mol. The van der Waals surface area contributed by atoms with E-state index in [1.807, 2.05) is 0 Å². The molecule has 1 aromatic carbocycles. The first-order chi connectivity index (χ1) is 7.08. The van der Waals surface area contributed by atoms with E-state index in [1.54, 1.807) is 18.2 Å². The van der Waals surface area contributed by atoms with Gasteiger partial charge in [-0.2, -0.15) is 0 Å². The molecule has 0 saturated heterocycles. The standard InChI is InChI=1S/C11H11Cl2NO/c1-6-4-8(6)11(15)14-7-2-3-9(12)10(13)5-7/h2-3,5-6,8H,4H2,1H3,(H,14,15)/t6-,8-/m1/s1. The molecule has 2 nitrogen and oxygen atoms in total. The van der Waals surface area contributed by atoms with Crippen LogP contribution in [0.3, 0.4) is 0 Å². The molecule has 0 aliphatic heterocycles. The summed E-state index contributed by atoms with van der Waals surface area (Å²) in [6, 6.07) is 5.09. The topological polar surface area (TPSA) is 29.1 Å². The molecule has 1 amide bonds. The first-order valence-corrected chi connectivity index (χ1v) is 5.59. The minimum absolute atomic E-state index is 0.0703. The van der Waals surface area contributed by atoms with Crippen molar-refractivity contribution in [2.24, 2.45) is 11.8 Å². The van der Waals surface area contributed by atoms with Crippen molar-refractivity contribution in [2.45, 2.75) is 13.3 Å². The molecule has 1 saturated carbocycles. The number of carbonyl (C=O) groups excluding carboxylic acids is 1. The van der Waals surface area contributed by atoms with Crippen LogP contribution in [0.2, 0.25) is 10.0 Å². The molecule has 1 aliphatic carbocycles. The Morgan fingerprint density at radius 2 is 2.07 bits per heavy atom. The fourth-order valence-electron chi connectivity index (χ4n) is 1.50. The summed E-state index contributed by atoms with van der Waals surface area (Å²) in [5, 5.41) is 3.77. The molecule has 0 radical (unpaired) electrons. The van der Waals surface area contributed by atoms with Crippen LogP contribution in [0.4, 0.5) is 5.69 Å². The summed E-state index contributed by atoms with van der Waals surface area (Å²) >= 11 is 11.6. The van der Waals surface area contributed by atoms with Crippen molar-refractivity contribution in [2.75, 3.05) is 5.32 Å². The maximum Gasteiger partial charge on any atom is 0.227 e. The van der Waals surface area contributed by atoms with Gasteiger partial charge in [0.15, 0.2) is 0 Å². The second kappa shape index (κ2) is 4.03. The van der Waals surface area contributed by atoms with E-state index in [1.165, 1.54) is 0 Å². The monoisotopic (exact) mass is 243 g/mol. The minimum atomic E-state index is 0.0703. The quantitative estimate of drug-likeness (QED) is 0.846. The van der Waals surface area contributed by atoms with Gasteiger partial charge in [-0.1, -0.05) is 30.1 Å². The summed E-state index contributed by atoms with van der Waals surface area (Å²) in [4.78, 5) is 11.6. The first kappa shape index (κ1) is 10.8. The zero-order valence-electron chi connectivity index (χ0n) is 8.26. The molecule has 1 N–H and O–H groups in total. The molecule has 0 heterocycles. The summed E-state index contributed by atoms with van der Waals surface area (Å²) in [6.45, 7) is 2.07. The lowest BCUT2D eigenvalue weighted by Crippen LogP contribution is -2.14. The number of anilines is 1. The maximum absolute atomic E-state index is 11.6. The Bertz CT molecular complexity index is 406. The lowest BCUT2D eigenvalue weighted by molar-refractivity contribution is -0.117. The van der Waals surface area contributed by atoms with Crippen LogP contribution >= 0.6 is 23.2 Å². The molecule has 1 aliphatic rings. The zero-order valence-corrected chi connectivity index (χ0v) is 9.77. The first-order valence-electron chi connectivity index (χ1n) is 4.84. The Kier molecular flexibility index (Phi) is 2.89. The Balaban J connectivity index is 2.04. The Labute approximate surface area is 98.6 Å². The van der Waals surface area contributed by atoms with E-state index in [9.17, 15) is 4.79 Å².